The molecule has 0 saturated carbocycles. The molecule has 1 unspecified atom stereocenters. The van der Waals surface area contributed by atoms with Crippen LogP contribution in [-0.2, 0) is 7.05 Å². The first kappa shape index (κ1) is 19.3. The van der Waals surface area contributed by atoms with Crippen LogP contribution < -0.4 is 4.57 Å². The van der Waals surface area contributed by atoms with Gasteiger partial charge in [-0.05, 0) is 41.5 Å². The third-order valence-electron chi connectivity index (χ3n) is 7.30. The molecular weight excluding hydrogens is 440 g/mol. The highest BCUT2D eigenvalue weighted by Gasteiger charge is 2.25. The van der Waals surface area contributed by atoms with Crippen LogP contribution in [0.2, 0.25) is 0 Å². The summed E-state index contributed by atoms with van der Waals surface area (Å²) in [5.74, 6) is -1.34. The molecule has 2 aromatic heterocycles. The highest BCUT2D eigenvalue weighted by Crippen LogP contribution is 2.44. The summed E-state index contributed by atoms with van der Waals surface area (Å²) >= 11 is 0. The molecule has 0 N–H and O–H groups in total. The highest BCUT2D eigenvalue weighted by molar-refractivity contribution is 6.15. The summed E-state index contributed by atoms with van der Waals surface area (Å²) in [5, 5.41) is 1.88. The quantitative estimate of drug-likeness (QED) is 0.187. The Morgan fingerprint density at radius 2 is 1.56 bits per heavy atom. The fraction of sp³-hybridized carbons (Fsp3) is 0.273. The van der Waals surface area contributed by atoms with Gasteiger partial charge in [-0.15, -0.1) is 0 Å². The van der Waals surface area contributed by atoms with Gasteiger partial charge < -0.3 is 4.42 Å². The number of nitrogens with zero attached hydrogens (tertiary/aromatic N) is 2. The lowest BCUT2D eigenvalue weighted by Gasteiger charge is -2.11. The van der Waals surface area contributed by atoms with E-state index in [9.17, 15) is 0 Å². The molecular formula is C33H33N2O+. The molecule has 2 heterocycles. The maximum atomic E-state index is 8.64. The van der Waals surface area contributed by atoms with Crippen molar-refractivity contribution in [1.29, 1.82) is 0 Å². The minimum atomic E-state index is -2.47. The number of hydrogen-bond acceptors (Lipinski definition) is 1. The van der Waals surface area contributed by atoms with Crippen molar-refractivity contribution >= 4 is 27.6 Å². The average molecular weight is 478 g/mol. The van der Waals surface area contributed by atoms with Crippen molar-refractivity contribution < 1.29 is 14.5 Å². The van der Waals surface area contributed by atoms with Crippen LogP contribution >= 0.6 is 0 Å². The maximum absolute atomic E-state index is 8.64. The smallest absolute Gasteiger partial charge is 0.216 e. The summed E-state index contributed by atoms with van der Waals surface area (Å²) in [6.45, 7) is 15.0. The van der Waals surface area contributed by atoms with Gasteiger partial charge in [0.25, 0.3) is 0 Å². The molecule has 0 aliphatic heterocycles. The monoisotopic (exact) mass is 477 g/mol. The summed E-state index contributed by atoms with van der Waals surface area (Å²) < 4.78 is 41.0. The highest BCUT2D eigenvalue weighted by atomic mass is 16.3. The van der Waals surface area contributed by atoms with E-state index in [-0.39, 0.29) is 0 Å². The molecule has 3 heteroatoms. The van der Waals surface area contributed by atoms with Crippen molar-refractivity contribution in [3.63, 3.8) is 0 Å². The van der Waals surface area contributed by atoms with Crippen LogP contribution in [0.4, 0.5) is 5.69 Å². The molecule has 0 aliphatic carbocycles. The lowest BCUT2D eigenvalue weighted by molar-refractivity contribution is -0.667. The molecule has 0 fully saturated rings. The van der Waals surface area contributed by atoms with Crippen LogP contribution in [-0.4, -0.2) is 0 Å². The number of benzene rings is 3. The number of pyridine rings is 1. The minimum Gasteiger partial charge on any atom is -0.456 e. The summed E-state index contributed by atoms with van der Waals surface area (Å²) in [7, 11) is 1.89. The summed E-state index contributed by atoms with van der Waals surface area (Å²) in [4.78, 5) is 3.82. The lowest BCUT2D eigenvalue weighted by Crippen LogP contribution is -2.36. The number of fused-ring (bicyclic) bond motifs is 3. The molecule has 0 bridgehead atoms. The van der Waals surface area contributed by atoms with Gasteiger partial charge in [0.1, 0.15) is 18.2 Å². The topological polar surface area (TPSA) is 21.4 Å². The van der Waals surface area contributed by atoms with E-state index in [1.54, 1.807) is 6.07 Å². The predicted octanol–water partition coefficient (Wildman–Crippen LogP) is 9.16. The second-order valence-electron chi connectivity index (χ2n) is 9.86. The number of rotatable bonds is 4. The zero-order valence-corrected chi connectivity index (χ0v) is 21.7. The number of aromatic nitrogens is 1. The zero-order valence-electron chi connectivity index (χ0n) is 25.7. The number of hydrogen-bond donors (Lipinski definition) is 0. The molecule has 3 aromatic carbocycles. The Kier molecular flexibility index (Phi) is 4.80. The standard InChI is InChI=1S/C33H33N2O/c1-19(2)23-10-12-24(13-11-23)31-28(34-7)17-15-27-26-14-9-21(5)30(32(26)36-33(27)31)29-18-16-25(20(3)4)22(6)35(29)8/h9-20H,1-6,8H3/q+1/i3D3,20D. The van der Waals surface area contributed by atoms with Gasteiger partial charge in [-0.3, -0.25) is 0 Å². The van der Waals surface area contributed by atoms with Crippen LogP contribution in [0.5, 0.6) is 0 Å². The predicted molar refractivity (Wildman–Crippen MR) is 150 cm³/mol. The molecule has 1 atom stereocenters. The van der Waals surface area contributed by atoms with Crippen LogP contribution in [0.15, 0.2) is 65.1 Å². The molecule has 0 saturated heterocycles. The van der Waals surface area contributed by atoms with Crippen molar-refractivity contribution in [3.05, 3.63) is 94.5 Å². The number of aryl methyl sites for hydroxylation is 1. The molecule has 0 spiro atoms. The fourth-order valence-electron chi connectivity index (χ4n) is 5.12. The first-order chi connectivity index (χ1) is 18.8. The van der Waals surface area contributed by atoms with Gasteiger partial charge in [-0.1, -0.05) is 76.2 Å². The molecule has 0 amide bonds. The molecule has 36 heavy (non-hydrogen) atoms. The van der Waals surface area contributed by atoms with Crippen LogP contribution in [0.1, 0.15) is 67.3 Å². The SMILES string of the molecule is [2H]C([2H])([2H])C([2H])(C)c1ccc(-c2c(C)ccc3c2oc2c(-c4ccc(C(C)C)cc4)c([N+]#[C-])ccc23)[n+](C)c1C. The van der Waals surface area contributed by atoms with Crippen LogP contribution in [0.3, 0.4) is 0 Å². The van der Waals surface area contributed by atoms with E-state index in [0.717, 1.165) is 38.7 Å². The van der Waals surface area contributed by atoms with E-state index in [1.807, 2.05) is 43.7 Å². The molecule has 5 rings (SSSR count). The van der Waals surface area contributed by atoms with E-state index >= 15 is 0 Å². The maximum Gasteiger partial charge on any atom is 0.216 e. The summed E-state index contributed by atoms with van der Waals surface area (Å²) in [6, 6.07) is 19.9. The zero-order chi connectivity index (χ0) is 29.1. The van der Waals surface area contributed by atoms with Gasteiger partial charge in [0.05, 0.1) is 12.1 Å². The van der Waals surface area contributed by atoms with Crippen LogP contribution in [0, 0.1) is 20.4 Å². The average Bonchev–Trinajstić information content (AvgIpc) is 3.27. The Hall–Kier alpha value is -3.90. The second-order valence-corrected chi connectivity index (χ2v) is 9.86. The first-order valence-corrected chi connectivity index (χ1v) is 12.2. The van der Waals surface area contributed by atoms with Gasteiger partial charge in [0, 0.05) is 40.4 Å². The molecule has 3 nitrogen and oxygen atoms in total. The van der Waals surface area contributed by atoms with Crippen molar-refractivity contribution in [2.45, 2.75) is 53.3 Å². The van der Waals surface area contributed by atoms with E-state index in [2.05, 4.69) is 55.1 Å². The second kappa shape index (κ2) is 8.95. The first-order valence-electron chi connectivity index (χ1n) is 14.2. The minimum absolute atomic E-state index is 0.408. The third kappa shape index (κ3) is 3.69. The lowest BCUT2D eigenvalue weighted by atomic mass is 9.95. The van der Waals surface area contributed by atoms with Crippen molar-refractivity contribution in [3.8, 4) is 22.4 Å². The van der Waals surface area contributed by atoms with E-state index in [1.165, 1.54) is 12.5 Å². The fourth-order valence-corrected chi connectivity index (χ4v) is 5.12. The Labute approximate surface area is 219 Å². The third-order valence-corrected chi connectivity index (χ3v) is 7.30. The Morgan fingerprint density at radius 1 is 0.889 bits per heavy atom. The number of furan rings is 1. The summed E-state index contributed by atoms with van der Waals surface area (Å²) in [6.07, 6.45) is 0. The largest absolute Gasteiger partial charge is 0.456 e. The molecule has 0 aliphatic rings. The molecule has 5 aromatic rings. The van der Waals surface area contributed by atoms with Gasteiger partial charge in [-0.2, -0.15) is 4.57 Å². The van der Waals surface area contributed by atoms with E-state index in [0.29, 0.717) is 34.0 Å². The van der Waals surface area contributed by atoms with Gasteiger partial charge in [-0.25, -0.2) is 4.85 Å². The van der Waals surface area contributed by atoms with E-state index in [4.69, 9.17) is 16.5 Å². The van der Waals surface area contributed by atoms with Crippen molar-refractivity contribution in [1.82, 2.24) is 0 Å². The van der Waals surface area contributed by atoms with E-state index < -0.39 is 12.7 Å². The summed E-state index contributed by atoms with van der Waals surface area (Å²) in [5.41, 5.74) is 8.80. The Balaban J connectivity index is 1.79. The molecule has 0 radical (unpaired) electrons. The van der Waals surface area contributed by atoms with Crippen molar-refractivity contribution in [2.24, 2.45) is 7.05 Å². The van der Waals surface area contributed by atoms with Gasteiger partial charge in [0.2, 0.25) is 5.69 Å². The van der Waals surface area contributed by atoms with Gasteiger partial charge in [0.15, 0.2) is 11.4 Å². The Bertz CT molecular complexity index is 1820. The Morgan fingerprint density at radius 3 is 2.19 bits per heavy atom. The molecule has 180 valence electrons. The van der Waals surface area contributed by atoms with Crippen molar-refractivity contribution in [2.75, 3.05) is 0 Å². The normalized spacial score (nSPS) is 15.3. The van der Waals surface area contributed by atoms with Gasteiger partial charge >= 0.3 is 0 Å². The van der Waals surface area contributed by atoms with Crippen LogP contribution in [0.25, 0.3) is 49.2 Å².